The number of nitrogen functional groups attached to an aromatic ring is 1. The van der Waals surface area contributed by atoms with Crippen molar-refractivity contribution < 1.29 is 52.9 Å². The third-order valence-corrected chi connectivity index (χ3v) is 7.78. The van der Waals surface area contributed by atoms with Gasteiger partial charge in [-0.05, 0) is 18.2 Å². The Balaban J connectivity index is 1.47. The summed E-state index contributed by atoms with van der Waals surface area (Å²) in [6.45, 7) is 1.78. The first kappa shape index (κ1) is 31.0. The van der Waals surface area contributed by atoms with Crippen molar-refractivity contribution in [2.75, 3.05) is 25.2 Å². The minimum Gasteiger partial charge on any atom is -0.477 e. The van der Waals surface area contributed by atoms with Gasteiger partial charge >= 0.3 is 23.9 Å². The molecule has 0 bridgehead atoms. The number of ether oxygens (including phenoxy) is 3. The molecule has 1 fully saturated rings. The van der Waals surface area contributed by atoms with Crippen LogP contribution >= 0.6 is 23.1 Å². The molecule has 2 atom stereocenters. The van der Waals surface area contributed by atoms with Crippen molar-refractivity contribution in [3.05, 3.63) is 46.1 Å². The van der Waals surface area contributed by atoms with E-state index in [9.17, 15) is 33.9 Å². The molecule has 18 heteroatoms. The van der Waals surface area contributed by atoms with Crippen LogP contribution in [0.15, 0.2) is 40.0 Å². The van der Waals surface area contributed by atoms with E-state index in [1.807, 2.05) is 0 Å². The van der Waals surface area contributed by atoms with E-state index in [2.05, 4.69) is 15.5 Å². The van der Waals surface area contributed by atoms with E-state index in [0.717, 1.165) is 47.9 Å². The maximum atomic E-state index is 13.0. The highest BCUT2D eigenvalue weighted by Gasteiger charge is 2.54. The lowest BCUT2D eigenvalue weighted by atomic mass is 10.0. The summed E-state index contributed by atoms with van der Waals surface area (Å²) in [6, 6.07) is 2.55. The van der Waals surface area contributed by atoms with Gasteiger partial charge in [-0.25, -0.2) is 14.6 Å². The average molecular weight is 634 g/mol. The van der Waals surface area contributed by atoms with Gasteiger partial charge < -0.3 is 35.2 Å². The molecule has 0 radical (unpaired) electrons. The third kappa shape index (κ3) is 6.75. The predicted octanol–water partition coefficient (Wildman–Crippen LogP) is 0.522. The van der Waals surface area contributed by atoms with Crippen LogP contribution in [0.4, 0.5) is 5.13 Å². The van der Waals surface area contributed by atoms with Gasteiger partial charge in [-0.1, -0.05) is 5.16 Å². The quantitative estimate of drug-likeness (QED) is 0.107. The molecule has 4 N–H and O–H groups in total. The van der Waals surface area contributed by atoms with Gasteiger partial charge in [0.2, 0.25) is 0 Å². The van der Waals surface area contributed by atoms with Crippen molar-refractivity contribution in [2.24, 2.45) is 5.16 Å². The molecule has 2 aliphatic heterocycles. The molecule has 3 heterocycles. The van der Waals surface area contributed by atoms with Gasteiger partial charge in [-0.15, -0.1) is 23.1 Å². The van der Waals surface area contributed by atoms with E-state index in [1.54, 1.807) is 0 Å². The number of nitrogens with two attached hydrogens (primary N) is 1. The normalized spacial score (nSPS) is 17.8. The summed E-state index contributed by atoms with van der Waals surface area (Å²) in [5.41, 5.74) is 5.22. The van der Waals surface area contributed by atoms with Crippen LogP contribution in [-0.2, 0) is 33.5 Å². The lowest BCUT2D eigenvalue weighted by Gasteiger charge is -2.49. The van der Waals surface area contributed by atoms with Gasteiger partial charge in [0, 0.05) is 30.6 Å². The van der Waals surface area contributed by atoms with Crippen molar-refractivity contribution in [2.45, 2.75) is 25.3 Å². The smallest absolute Gasteiger partial charge is 0.352 e. The number of esters is 3. The van der Waals surface area contributed by atoms with Gasteiger partial charge in [0.1, 0.15) is 36.5 Å². The summed E-state index contributed by atoms with van der Waals surface area (Å²) in [5.74, 6) is -5.46. The minimum atomic E-state index is -1.43. The lowest BCUT2D eigenvalue weighted by molar-refractivity contribution is -0.150. The molecule has 0 unspecified atom stereocenters. The number of fused-ring (bicyclic) bond motifs is 1. The second kappa shape index (κ2) is 12.9. The van der Waals surface area contributed by atoms with Crippen molar-refractivity contribution >= 4 is 69.6 Å². The topological polar surface area (TPSA) is 226 Å². The summed E-state index contributed by atoms with van der Waals surface area (Å²) in [5, 5.41) is 17.0. The van der Waals surface area contributed by atoms with Gasteiger partial charge in [0.25, 0.3) is 11.8 Å². The van der Waals surface area contributed by atoms with Gasteiger partial charge in [-0.3, -0.25) is 24.1 Å². The minimum absolute atomic E-state index is 0.0570. The predicted molar refractivity (Wildman–Crippen MR) is 149 cm³/mol. The molecule has 4 rings (SSSR count). The maximum absolute atomic E-state index is 13.0. The molecule has 2 aromatic rings. The first-order valence-corrected chi connectivity index (χ1v) is 14.1. The number of carboxylic acids is 1. The Morgan fingerprint density at radius 1 is 1.16 bits per heavy atom. The number of nitrogens with zero attached hydrogens (tertiary/aromatic N) is 3. The zero-order valence-corrected chi connectivity index (χ0v) is 24.3. The number of oxime groups is 1. The van der Waals surface area contributed by atoms with Crippen LogP contribution in [0.1, 0.15) is 29.9 Å². The van der Waals surface area contributed by atoms with Crippen LogP contribution in [0.2, 0.25) is 0 Å². The fraction of sp³-hybridized carbons (Fsp3) is 0.280. The fourth-order valence-electron chi connectivity index (χ4n) is 4.04. The van der Waals surface area contributed by atoms with E-state index in [-0.39, 0.29) is 50.6 Å². The molecule has 226 valence electrons. The number of amides is 2. The van der Waals surface area contributed by atoms with E-state index >= 15 is 0 Å². The van der Waals surface area contributed by atoms with E-state index in [4.69, 9.17) is 24.8 Å². The van der Waals surface area contributed by atoms with E-state index in [1.165, 1.54) is 24.6 Å². The molecule has 2 amide bonds. The standard InChI is InChI=1S/C25H23N5O11S2/c1-10(31)40-15-5-4-12(6-16(15)41-11(2)32)24(37)39-7-13-8-42-22-18(21(34)30(22)19(13)23(35)36)28-20(33)17(29-38-3)14-9-43-25(26)27-14/h4-6,9,18,22H,7-8H2,1-3H3,(H2,26,27)(H,28,33)(H,35,36)/t18-,22-/m1/s1. The summed E-state index contributed by atoms with van der Waals surface area (Å²) in [7, 11) is 1.23. The Kier molecular flexibility index (Phi) is 9.30. The number of benzene rings is 1. The Morgan fingerprint density at radius 3 is 2.47 bits per heavy atom. The second-order valence-electron chi connectivity index (χ2n) is 8.74. The lowest BCUT2D eigenvalue weighted by Crippen LogP contribution is -2.71. The van der Waals surface area contributed by atoms with Crippen molar-refractivity contribution in [1.29, 1.82) is 0 Å². The van der Waals surface area contributed by atoms with Crippen molar-refractivity contribution in [3.8, 4) is 11.5 Å². The average Bonchev–Trinajstić information content (AvgIpc) is 3.38. The SMILES string of the molecule is CON=C(C(=O)N[C@@H]1C(=O)N2C(C(=O)O)=C(COC(=O)c3ccc(OC(C)=O)c(OC(C)=O)c3)CS[C@H]12)c1csc(N)n1. The Labute approximate surface area is 250 Å². The number of carbonyl (C=O) groups excluding carboxylic acids is 5. The highest BCUT2D eigenvalue weighted by molar-refractivity contribution is 8.00. The molecule has 0 aliphatic carbocycles. The Morgan fingerprint density at radius 2 is 1.86 bits per heavy atom. The zero-order valence-electron chi connectivity index (χ0n) is 22.6. The van der Waals surface area contributed by atoms with Crippen LogP contribution in [-0.4, -0.2) is 87.3 Å². The van der Waals surface area contributed by atoms with Crippen LogP contribution in [0.3, 0.4) is 0 Å². The number of β-lactam (4-membered cyclic amide) rings is 1. The molecule has 1 saturated heterocycles. The number of carboxylic acid groups (broad SMARTS) is 1. The van der Waals surface area contributed by atoms with Gasteiger partial charge in [0.15, 0.2) is 22.3 Å². The van der Waals surface area contributed by atoms with E-state index < -0.39 is 53.7 Å². The number of nitrogens with one attached hydrogen (secondary N) is 1. The number of aliphatic carboxylic acids is 1. The summed E-state index contributed by atoms with van der Waals surface area (Å²) >= 11 is 2.23. The van der Waals surface area contributed by atoms with Crippen molar-refractivity contribution in [3.63, 3.8) is 0 Å². The largest absolute Gasteiger partial charge is 0.477 e. The molecule has 0 spiro atoms. The van der Waals surface area contributed by atoms with Gasteiger partial charge in [-0.2, -0.15) is 0 Å². The first-order chi connectivity index (χ1) is 20.4. The Bertz CT molecular complexity index is 1580. The van der Waals surface area contributed by atoms with Crippen LogP contribution in [0.5, 0.6) is 11.5 Å². The van der Waals surface area contributed by atoms with Gasteiger partial charge in [0.05, 0.1) is 5.56 Å². The monoisotopic (exact) mass is 633 g/mol. The molecule has 0 saturated carbocycles. The van der Waals surface area contributed by atoms with Crippen LogP contribution < -0.4 is 20.5 Å². The second-order valence-corrected chi connectivity index (χ2v) is 10.7. The van der Waals surface area contributed by atoms with Crippen LogP contribution in [0.25, 0.3) is 0 Å². The number of thioether (sulfide) groups is 1. The maximum Gasteiger partial charge on any atom is 0.352 e. The zero-order chi connectivity index (χ0) is 31.4. The number of aromatic nitrogens is 1. The van der Waals surface area contributed by atoms with Crippen molar-refractivity contribution in [1.82, 2.24) is 15.2 Å². The molecule has 16 nitrogen and oxygen atoms in total. The summed E-state index contributed by atoms with van der Waals surface area (Å²) < 4.78 is 15.3. The molecular formula is C25H23N5O11S2. The highest BCUT2D eigenvalue weighted by atomic mass is 32.2. The number of rotatable bonds is 10. The van der Waals surface area contributed by atoms with Crippen LogP contribution in [0, 0.1) is 0 Å². The number of anilines is 1. The molecular weight excluding hydrogens is 610 g/mol. The number of hydrogen-bond acceptors (Lipinski definition) is 15. The molecule has 1 aromatic carbocycles. The number of carbonyl (C=O) groups is 6. The third-order valence-electron chi connectivity index (χ3n) is 5.76. The number of thiazole rings is 1. The summed E-state index contributed by atoms with van der Waals surface area (Å²) in [6.07, 6.45) is 0. The molecule has 2 aliphatic rings. The molecule has 43 heavy (non-hydrogen) atoms. The molecule has 1 aromatic heterocycles. The summed E-state index contributed by atoms with van der Waals surface area (Å²) in [4.78, 5) is 83.3. The first-order valence-electron chi connectivity index (χ1n) is 12.1. The number of hydrogen-bond donors (Lipinski definition) is 3. The Hall–Kier alpha value is -4.97. The van der Waals surface area contributed by atoms with E-state index in [0.29, 0.717) is 0 Å². The fourth-order valence-corrected chi connectivity index (χ4v) is 5.92. The highest BCUT2D eigenvalue weighted by Crippen LogP contribution is 2.40.